The van der Waals surface area contributed by atoms with Crippen molar-refractivity contribution in [3.05, 3.63) is 51.2 Å². The van der Waals surface area contributed by atoms with Gasteiger partial charge in [0.05, 0.1) is 22.7 Å². The van der Waals surface area contributed by atoms with Crippen molar-refractivity contribution in [1.82, 2.24) is 10.2 Å². The number of nitrogens with zero attached hydrogens (tertiary/aromatic N) is 2. The van der Waals surface area contributed by atoms with Crippen LogP contribution in [0, 0.1) is 28.7 Å². The second kappa shape index (κ2) is 5.03. The first-order valence-corrected chi connectivity index (χ1v) is 5.35. The number of nitro benzene ring substituents is 1. The van der Waals surface area contributed by atoms with E-state index in [-0.39, 0.29) is 5.82 Å². The molecule has 2 N–H and O–H groups in total. The molecule has 0 spiro atoms. The summed E-state index contributed by atoms with van der Waals surface area (Å²) in [7, 11) is 0. The number of carbonyl (C=O) groups excluding carboxylic acids is 1. The molecule has 0 bridgehead atoms. The lowest BCUT2D eigenvalue weighted by molar-refractivity contribution is -0.387. The number of H-pyrrole nitrogens is 1. The molecule has 2 aromatic rings. The fourth-order valence-corrected chi connectivity index (χ4v) is 1.53. The summed E-state index contributed by atoms with van der Waals surface area (Å²) in [4.78, 5) is 21.3. The van der Waals surface area contributed by atoms with E-state index in [1.807, 2.05) is 0 Å². The molecule has 1 heterocycles. The first kappa shape index (κ1) is 13.6. The van der Waals surface area contributed by atoms with E-state index in [9.17, 15) is 23.7 Å². The second-order valence-corrected chi connectivity index (χ2v) is 3.93. The number of halogens is 2. The second-order valence-electron chi connectivity index (χ2n) is 3.93. The number of benzene rings is 1. The predicted molar refractivity (Wildman–Crippen MR) is 64.3 cm³/mol. The molecular formula is C11H8F2N4O3. The van der Waals surface area contributed by atoms with Gasteiger partial charge in [-0.2, -0.15) is 9.49 Å². The van der Waals surface area contributed by atoms with Crippen molar-refractivity contribution in [1.29, 1.82) is 0 Å². The van der Waals surface area contributed by atoms with E-state index in [4.69, 9.17) is 0 Å². The molecule has 0 fully saturated rings. The Morgan fingerprint density at radius 2 is 2.15 bits per heavy atom. The molecule has 0 radical (unpaired) electrons. The highest BCUT2D eigenvalue weighted by Gasteiger charge is 2.24. The molecule has 0 saturated heterocycles. The maximum atomic E-state index is 13.8. The standard InChI is InChI=1S/C11H8F2N4O3/c1-5-4-14-16-10(5)15-11(18)7-2-6(12)3-8(9(7)13)17(19)20/h2-4H,1H3,(H2,14,15,16,18). The first-order chi connectivity index (χ1) is 9.40. The number of nitrogens with one attached hydrogen (secondary N) is 2. The van der Waals surface area contributed by atoms with Crippen LogP contribution in [0.15, 0.2) is 18.3 Å². The molecule has 104 valence electrons. The number of anilines is 1. The van der Waals surface area contributed by atoms with E-state index in [2.05, 4.69) is 15.5 Å². The normalized spacial score (nSPS) is 10.3. The van der Waals surface area contributed by atoms with E-state index in [0.717, 1.165) is 0 Å². The van der Waals surface area contributed by atoms with Crippen molar-refractivity contribution in [2.45, 2.75) is 6.92 Å². The summed E-state index contributed by atoms with van der Waals surface area (Å²) in [6.45, 7) is 1.63. The summed E-state index contributed by atoms with van der Waals surface area (Å²) in [5.41, 5.74) is -1.29. The minimum Gasteiger partial charge on any atom is -0.307 e. The van der Waals surface area contributed by atoms with Crippen molar-refractivity contribution >= 4 is 17.4 Å². The van der Waals surface area contributed by atoms with Crippen LogP contribution in [0.2, 0.25) is 0 Å². The van der Waals surface area contributed by atoms with Gasteiger partial charge in [0.15, 0.2) is 0 Å². The summed E-state index contributed by atoms with van der Waals surface area (Å²) < 4.78 is 27.0. The largest absolute Gasteiger partial charge is 0.308 e. The quantitative estimate of drug-likeness (QED) is 0.665. The molecule has 0 atom stereocenters. The van der Waals surface area contributed by atoms with Gasteiger partial charge in [-0.05, 0) is 13.0 Å². The van der Waals surface area contributed by atoms with Crippen LogP contribution in [0.3, 0.4) is 0 Å². The van der Waals surface area contributed by atoms with Crippen molar-refractivity contribution in [3.63, 3.8) is 0 Å². The van der Waals surface area contributed by atoms with Gasteiger partial charge in [-0.15, -0.1) is 0 Å². The zero-order chi connectivity index (χ0) is 14.9. The Bertz CT molecular complexity index is 699. The van der Waals surface area contributed by atoms with E-state index in [0.29, 0.717) is 17.7 Å². The third-order valence-electron chi connectivity index (χ3n) is 2.53. The Morgan fingerprint density at radius 3 is 2.70 bits per heavy atom. The Balaban J connectivity index is 2.40. The lowest BCUT2D eigenvalue weighted by Gasteiger charge is -2.05. The van der Waals surface area contributed by atoms with Crippen molar-refractivity contribution < 1.29 is 18.5 Å². The van der Waals surface area contributed by atoms with Gasteiger partial charge in [-0.25, -0.2) is 4.39 Å². The summed E-state index contributed by atoms with van der Waals surface area (Å²) in [5, 5.41) is 18.9. The molecule has 0 saturated carbocycles. The van der Waals surface area contributed by atoms with Gasteiger partial charge in [0.25, 0.3) is 5.91 Å². The SMILES string of the molecule is Cc1cn[nH]c1NC(=O)c1cc(F)cc([N+](=O)[O-])c1F. The number of amides is 1. The fourth-order valence-electron chi connectivity index (χ4n) is 1.53. The van der Waals surface area contributed by atoms with Crippen LogP contribution in [0.25, 0.3) is 0 Å². The lowest BCUT2D eigenvalue weighted by Crippen LogP contribution is -2.16. The average Bonchev–Trinajstić information content (AvgIpc) is 2.77. The number of nitro groups is 1. The van der Waals surface area contributed by atoms with E-state index < -0.39 is 33.7 Å². The van der Waals surface area contributed by atoms with E-state index in [1.165, 1.54) is 6.20 Å². The van der Waals surface area contributed by atoms with Gasteiger partial charge in [0, 0.05) is 5.56 Å². The number of aromatic nitrogens is 2. The van der Waals surface area contributed by atoms with Gasteiger partial charge in [0.2, 0.25) is 5.82 Å². The van der Waals surface area contributed by atoms with Crippen LogP contribution in [-0.4, -0.2) is 21.0 Å². The highest BCUT2D eigenvalue weighted by molar-refractivity contribution is 6.04. The number of aryl methyl sites for hydroxylation is 1. The van der Waals surface area contributed by atoms with Crippen molar-refractivity contribution in [2.75, 3.05) is 5.32 Å². The Hall–Kier alpha value is -2.84. The van der Waals surface area contributed by atoms with Gasteiger partial charge >= 0.3 is 5.69 Å². The Kier molecular flexibility index (Phi) is 3.42. The van der Waals surface area contributed by atoms with Crippen molar-refractivity contribution in [2.24, 2.45) is 0 Å². The number of carbonyl (C=O) groups is 1. The zero-order valence-electron chi connectivity index (χ0n) is 10.1. The molecule has 0 aliphatic carbocycles. The van der Waals surface area contributed by atoms with Gasteiger partial charge in [-0.1, -0.05) is 0 Å². The molecule has 20 heavy (non-hydrogen) atoms. The van der Waals surface area contributed by atoms with Crippen molar-refractivity contribution in [3.8, 4) is 0 Å². The van der Waals surface area contributed by atoms with E-state index in [1.54, 1.807) is 6.92 Å². The molecule has 0 aliphatic heterocycles. The highest BCUT2D eigenvalue weighted by atomic mass is 19.1. The maximum Gasteiger partial charge on any atom is 0.308 e. The van der Waals surface area contributed by atoms with Crippen LogP contribution in [-0.2, 0) is 0 Å². The van der Waals surface area contributed by atoms with Crippen LogP contribution in [0.5, 0.6) is 0 Å². The number of hydrogen-bond acceptors (Lipinski definition) is 4. The molecule has 9 heteroatoms. The molecule has 1 aromatic carbocycles. The molecule has 0 unspecified atom stereocenters. The smallest absolute Gasteiger partial charge is 0.307 e. The molecule has 7 nitrogen and oxygen atoms in total. The highest BCUT2D eigenvalue weighted by Crippen LogP contribution is 2.23. The lowest BCUT2D eigenvalue weighted by atomic mass is 10.1. The first-order valence-electron chi connectivity index (χ1n) is 5.35. The summed E-state index contributed by atoms with van der Waals surface area (Å²) in [6, 6.07) is 0.997. The topological polar surface area (TPSA) is 101 Å². The number of rotatable bonds is 3. The van der Waals surface area contributed by atoms with Crippen LogP contribution >= 0.6 is 0 Å². The predicted octanol–water partition coefficient (Wildman–Crippen LogP) is 2.16. The maximum absolute atomic E-state index is 13.8. The monoisotopic (exact) mass is 282 g/mol. The summed E-state index contributed by atoms with van der Waals surface area (Å²) in [5.74, 6) is -3.30. The third-order valence-corrected chi connectivity index (χ3v) is 2.53. The number of aromatic amines is 1. The number of hydrogen-bond donors (Lipinski definition) is 2. The van der Waals surface area contributed by atoms with Crippen LogP contribution < -0.4 is 5.32 Å². The minimum absolute atomic E-state index is 0.196. The third kappa shape index (κ3) is 2.46. The average molecular weight is 282 g/mol. The molecular weight excluding hydrogens is 274 g/mol. The molecule has 1 amide bonds. The van der Waals surface area contributed by atoms with Gasteiger partial charge < -0.3 is 5.32 Å². The van der Waals surface area contributed by atoms with Gasteiger partial charge in [0.1, 0.15) is 11.6 Å². The molecule has 1 aromatic heterocycles. The molecule has 0 aliphatic rings. The van der Waals surface area contributed by atoms with Gasteiger partial charge in [-0.3, -0.25) is 20.0 Å². The van der Waals surface area contributed by atoms with Crippen LogP contribution in [0.4, 0.5) is 20.3 Å². The van der Waals surface area contributed by atoms with Crippen LogP contribution in [0.1, 0.15) is 15.9 Å². The van der Waals surface area contributed by atoms with E-state index >= 15 is 0 Å². The molecule has 2 rings (SSSR count). The Labute approximate surface area is 110 Å². The minimum atomic E-state index is -1.40. The Morgan fingerprint density at radius 1 is 1.45 bits per heavy atom. The zero-order valence-corrected chi connectivity index (χ0v) is 10.1. The summed E-state index contributed by atoms with van der Waals surface area (Å²) in [6.07, 6.45) is 1.42. The summed E-state index contributed by atoms with van der Waals surface area (Å²) >= 11 is 0. The fraction of sp³-hybridized carbons (Fsp3) is 0.0909.